The van der Waals surface area contributed by atoms with E-state index >= 15 is 0 Å². The molecular formula is C14H15Cl2N3O2. The molecule has 2 aromatic rings. The van der Waals surface area contributed by atoms with Gasteiger partial charge in [-0.1, -0.05) is 30.1 Å². The number of ether oxygens (including phenoxy) is 1. The lowest BCUT2D eigenvalue weighted by molar-refractivity contribution is 0.0465. The summed E-state index contributed by atoms with van der Waals surface area (Å²) in [4.78, 5) is 12.1. The highest BCUT2D eigenvalue weighted by Gasteiger charge is 2.17. The topological polar surface area (TPSA) is 70.1 Å². The number of carbonyl (C=O) groups excluding carboxylic acids is 1. The Morgan fingerprint density at radius 1 is 1.43 bits per heavy atom. The molecule has 0 saturated carbocycles. The molecular weight excluding hydrogens is 313 g/mol. The average molecular weight is 328 g/mol. The molecule has 0 bridgehead atoms. The maximum absolute atomic E-state index is 12.1. The van der Waals surface area contributed by atoms with Crippen LogP contribution in [0.15, 0.2) is 18.2 Å². The summed E-state index contributed by atoms with van der Waals surface area (Å²) in [6.07, 6.45) is 0.710. The number of carbonyl (C=O) groups is 1. The molecule has 21 heavy (non-hydrogen) atoms. The molecule has 0 aliphatic heterocycles. The van der Waals surface area contributed by atoms with Gasteiger partial charge in [-0.05, 0) is 24.6 Å². The molecule has 1 aromatic heterocycles. The van der Waals surface area contributed by atoms with Crippen molar-refractivity contribution in [1.29, 1.82) is 0 Å². The van der Waals surface area contributed by atoms with Crippen LogP contribution in [0.4, 0.5) is 5.69 Å². The van der Waals surface area contributed by atoms with Crippen molar-refractivity contribution >= 4 is 34.9 Å². The maximum Gasteiger partial charge on any atom is 0.340 e. The van der Waals surface area contributed by atoms with E-state index in [2.05, 4.69) is 5.10 Å². The number of rotatable bonds is 4. The van der Waals surface area contributed by atoms with Gasteiger partial charge in [0, 0.05) is 17.8 Å². The van der Waals surface area contributed by atoms with Gasteiger partial charge in [0.05, 0.1) is 22.0 Å². The van der Waals surface area contributed by atoms with E-state index in [0.717, 1.165) is 5.69 Å². The number of nitrogen functional groups attached to an aromatic ring is 1. The Morgan fingerprint density at radius 3 is 2.76 bits per heavy atom. The number of aromatic nitrogens is 2. The monoisotopic (exact) mass is 327 g/mol. The fourth-order valence-corrected chi connectivity index (χ4v) is 2.41. The van der Waals surface area contributed by atoms with E-state index in [4.69, 9.17) is 33.7 Å². The van der Waals surface area contributed by atoms with Crippen molar-refractivity contribution in [3.63, 3.8) is 0 Å². The molecule has 7 heteroatoms. The van der Waals surface area contributed by atoms with E-state index in [1.807, 2.05) is 6.92 Å². The third-order valence-electron chi connectivity index (χ3n) is 3.08. The molecule has 0 spiro atoms. The lowest BCUT2D eigenvalue weighted by Crippen LogP contribution is -2.10. The minimum atomic E-state index is -0.551. The summed E-state index contributed by atoms with van der Waals surface area (Å²) in [6.45, 7) is 1.98. The van der Waals surface area contributed by atoms with Crippen LogP contribution in [0.25, 0.3) is 0 Å². The maximum atomic E-state index is 12.1. The van der Waals surface area contributed by atoms with Crippen LogP contribution in [-0.2, 0) is 24.8 Å². The highest BCUT2D eigenvalue weighted by atomic mass is 35.5. The summed E-state index contributed by atoms with van der Waals surface area (Å²) in [5.74, 6) is -0.551. The minimum absolute atomic E-state index is 0.0210. The van der Waals surface area contributed by atoms with Crippen LogP contribution in [-0.4, -0.2) is 15.7 Å². The Bertz CT molecular complexity index is 683. The molecule has 1 aromatic carbocycles. The van der Waals surface area contributed by atoms with Crippen molar-refractivity contribution in [3.8, 4) is 0 Å². The fraction of sp³-hybridized carbons (Fsp3) is 0.286. The van der Waals surface area contributed by atoms with E-state index < -0.39 is 5.97 Å². The SMILES string of the molecule is CCc1nn(C)c(COC(=O)c2cc(Cl)ccc2N)c1Cl. The van der Waals surface area contributed by atoms with Crippen LogP contribution >= 0.6 is 23.2 Å². The lowest BCUT2D eigenvalue weighted by atomic mass is 10.2. The zero-order chi connectivity index (χ0) is 15.6. The predicted molar refractivity (Wildman–Crippen MR) is 82.6 cm³/mol. The number of nitrogens with zero attached hydrogens (tertiary/aromatic N) is 2. The van der Waals surface area contributed by atoms with E-state index in [-0.39, 0.29) is 12.2 Å². The van der Waals surface area contributed by atoms with Gasteiger partial charge >= 0.3 is 5.97 Å². The Labute approximate surface area is 132 Å². The second-order valence-corrected chi connectivity index (χ2v) is 5.31. The zero-order valence-electron chi connectivity index (χ0n) is 11.7. The highest BCUT2D eigenvalue weighted by Crippen LogP contribution is 2.23. The van der Waals surface area contributed by atoms with E-state index in [1.54, 1.807) is 23.9 Å². The van der Waals surface area contributed by atoms with Crippen LogP contribution in [0, 0.1) is 0 Å². The Kier molecular flexibility index (Phi) is 4.75. The number of hydrogen-bond acceptors (Lipinski definition) is 4. The first kappa shape index (κ1) is 15.7. The van der Waals surface area contributed by atoms with Crippen LogP contribution in [0.1, 0.15) is 28.7 Å². The second-order valence-electron chi connectivity index (χ2n) is 4.49. The molecule has 1 heterocycles. The summed E-state index contributed by atoms with van der Waals surface area (Å²) in [7, 11) is 1.75. The Balaban J connectivity index is 2.15. The zero-order valence-corrected chi connectivity index (χ0v) is 13.2. The third-order valence-corrected chi connectivity index (χ3v) is 3.75. The summed E-state index contributed by atoms with van der Waals surface area (Å²) < 4.78 is 6.85. The van der Waals surface area contributed by atoms with Gasteiger partial charge in [-0.15, -0.1) is 0 Å². The quantitative estimate of drug-likeness (QED) is 0.691. The average Bonchev–Trinajstić information content (AvgIpc) is 2.73. The van der Waals surface area contributed by atoms with E-state index in [0.29, 0.717) is 27.8 Å². The van der Waals surface area contributed by atoms with Crippen molar-refractivity contribution in [2.45, 2.75) is 20.0 Å². The molecule has 0 radical (unpaired) electrons. The van der Waals surface area contributed by atoms with Crippen molar-refractivity contribution in [2.24, 2.45) is 7.05 Å². The van der Waals surface area contributed by atoms with Crippen molar-refractivity contribution in [2.75, 3.05) is 5.73 Å². The molecule has 5 nitrogen and oxygen atoms in total. The number of anilines is 1. The van der Waals surface area contributed by atoms with Crippen molar-refractivity contribution in [3.05, 3.63) is 45.2 Å². The minimum Gasteiger partial charge on any atom is -0.455 e. The summed E-state index contributed by atoms with van der Waals surface area (Å²) in [5.41, 5.74) is 7.70. The predicted octanol–water partition coefficient (Wildman–Crippen LogP) is 3.23. The summed E-state index contributed by atoms with van der Waals surface area (Å²) in [6, 6.07) is 4.64. The smallest absolute Gasteiger partial charge is 0.340 e. The molecule has 2 N–H and O–H groups in total. The standard InChI is InChI=1S/C14H15Cl2N3O2/c1-3-11-13(16)12(19(2)18-11)7-21-14(20)9-6-8(15)4-5-10(9)17/h4-6H,3,7,17H2,1-2H3. The number of nitrogens with two attached hydrogens (primary N) is 1. The molecule has 2 rings (SSSR count). The highest BCUT2D eigenvalue weighted by molar-refractivity contribution is 6.32. The van der Waals surface area contributed by atoms with Gasteiger partial charge < -0.3 is 10.5 Å². The molecule has 0 amide bonds. The van der Waals surface area contributed by atoms with Crippen LogP contribution in [0.3, 0.4) is 0 Å². The molecule has 0 saturated heterocycles. The number of halogens is 2. The van der Waals surface area contributed by atoms with E-state index in [9.17, 15) is 4.79 Å². The fourth-order valence-electron chi connectivity index (χ4n) is 1.89. The van der Waals surface area contributed by atoms with Gasteiger partial charge in [0.2, 0.25) is 0 Å². The van der Waals surface area contributed by atoms with Gasteiger partial charge in [-0.3, -0.25) is 4.68 Å². The molecule has 112 valence electrons. The molecule has 0 aliphatic carbocycles. The summed E-state index contributed by atoms with van der Waals surface area (Å²) in [5, 5.41) is 5.20. The molecule has 0 unspecified atom stereocenters. The first-order valence-corrected chi connectivity index (χ1v) is 7.12. The first-order valence-electron chi connectivity index (χ1n) is 6.36. The van der Waals surface area contributed by atoms with Crippen LogP contribution in [0.2, 0.25) is 10.0 Å². The largest absolute Gasteiger partial charge is 0.455 e. The van der Waals surface area contributed by atoms with Gasteiger partial charge in [0.15, 0.2) is 0 Å². The Morgan fingerprint density at radius 2 is 2.14 bits per heavy atom. The van der Waals surface area contributed by atoms with Gasteiger partial charge in [0.1, 0.15) is 6.61 Å². The third kappa shape index (κ3) is 3.31. The van der Waals surface area contributed by atoms with E-state index in [1.165, 1.54) is 6.07 Å². The summed E-state index contributed by atoms with van der Waals surface area (Å²) >= 11 is 12.0. The number of benzene rings is 1. The number of hydrogen-bond donors (Lipinski definition) is 1. The van der Waals surface area contributed by atoms with Crippen molar-refractivity contribution in [1.82, 2.24) is 9.78 Å². The van der Waals surface area contributed by atoms with Gasteiger partial charge in [-0.2, -0.15) is 5.10 Å². The van der Waals surface area contributed by atoms with Crippen LogP contribution < -0.4 is 5.73 Å². The van der Waals surface area contributed by atoms with Crippen LogP contribution in [0.5, 0.6) is 0 Å². The first-order chi connectivity index (χ1) is 9.93. The lowest BCUT2D eigenvalue weighted by Gasteiger charge is -2.08. The molecule has 0 aliphatic rings. The molecule has 0 fully saturated rings. The number of esters is 1. The molecule has 0 atom stereocenters. The second kappa shape index (κ2) is 6.37. The van der Waals surface area contributed by atoms with Crippen molar-refractivity contribution < 1.29 is 9.53 Å². The van der Waals surface area contributed by atoms with Gasteiger partial charge in [0.25, 0.3) is 0 Å². The number of aryl methyl sites for hydroxylation is 2. The normalized spacial score (nSPS) is 10.7. The van der Waals surface area contributed by atoms with Gasteiger partial charge in [-0.25, -0.2) is 4.79 Å². The Hall–Kier alpha value is -1.72.